The molecule has 2 N–H and O–H groups in total. The number of carbonyl (C=O) groups is 1. The molecule has 1 aliphatic carbocycles. The number of ether oxygens (including phenoxy) is 1. The first-order valence-corrected chi connectivity index (χ1v) is 7.75. The van der Waals surface area contributed by atoms with Gasteiger partial charge in [0.25, 0.3) is 5.91 Å². The van der Waals surface area contributed by atoms with Crippen molar-refractivity contribution < 1.29 is 9.53 Å². The first-order valence-electron chi connectivity index (χ1n) is 7.75. The molecule has 0 saturated heterocycles. The summed E-state index contributed by atoms with van der Waals surface area (Å²) in [5.41, 5.74) is 1.53. The number of aromatic nitrogens is 2. The molecule has 23 heavy (non-hydrogen) atoms. The van der Waals surface area contributed by atoms with E-state index in [1.165, 1.54) is 0 Å². The molecule has 1 amide bonds. The van der Waals surface area contributed by atoms with Gasteiger partial charge in [-0.25, -0.2) is 9.97 Å². The van der Waals surface area contributed by atoms with Crippen molar-refractivity contribution in [2.75, 3.05) is 19.0 Å². The van der Waals surface area contributed by atoms with E-state index in [1.54, 1.807) is 19.4 Å². The molecule has 0 spiro atoms. The summed E-state index contributed by atoms with van der Waals surface area (Å²) in [7, 11) is 1.64. The highest BCUT2D eigenvalue weighted by molar-refractivity contribution is 5.92. The number of methoxy groups -OCH3 is 1. The van der Waals surface area contributed by atoms with Crippen molar-refractivity contribution >= 4 is 11.9 Å². The van der Waals surface area contributed by atoms with Crippen LogP contribution in [0.5, 0.6) is 5.75 Å². The first kappa shape index (κ1) is 15.3. The van der Waals surface area contributed by atoms with Gasteiger partial charge < -0.3 is 15.4 Å². The zero-order valence-corrected chi connectivity index (χ0v) is 13.1. The summed E-state index contributed by atoms with van der Waals surface area (Å²) in [5, 5.41) is 6.07. The van der Waals surface area contributed by atoms with Gasteiger partial charge in [0.2, 0.25) is 5.95 Å². The van der Waals surface area contributed by atoms with E-state index < -0.39 is 0 Å². The Morgan fingerprint density at radius 2 is 2.04 bits per heavy atom. The Labute approximate surface area is 135 Å². The number of rotatable bonds is 7. The Morgan fingerprint density at radius 1 is 1.26 bits per heavy atom. The minimum Gasteiger partial charge on any atom is -0.497 e. The molecule has 6 nitrogen and oxygen atoms in total. The third-order valence-corrected chi connectivity index (χ3v) is 3.66. The zero-order chi connectivity index (χ0) is 16.1. The van der Waals surface area contributed by atoms with E-state index >= 15 is 0 Å². The number of nitrogens with one attached hydrogen (secondary N) is 2. The van der Waals surface area contributed by atoms with Crippen LogP contribution in [0.3, 0.4) is 0 Å². The second-order valence-corrected chi connectivity index (χ2v) is 5.54. The van der Waals surface area contributed by atoms with Crippen molar-refractivity contribution in [2.24, 2.45) is 0 Å². The lowest BCUT2D eigenvalue weighted by atomic mass is 10.1. The van der Waals surface area contributed by atoms with Crippen molar-refractivity contribution in [2.45, 2.75) is 25.3 Å². The maximum absolute atomic E-state index is 12.1. The number of anilines is 1. The molecule has 0 bridgehead atoms. The van der Waals surface area contributed by atoms with Crippen molar-refractivity contribution in [3.8, 4) is 5.75 Å². The molecule has 3 rings (SSSR count). The predicted octanol–water partition coefficient (Wildman–Crippen LogP) is 2.03. The minimum absolute atomic E-state index is 0.181. The molecule has 1 aliphatic rings. The molecule has 120 valence electrons. The van der Waals surface area contributed by atoms with E-state index in [4.69, 9.17) is 4.74 Å². The second-order valence-electron chi connectivity index (χ2n) is 5.54. The standard InChI is InChI=1S/C17H20N4O2/c1-23-14-6-2-12(3-7-14)8-10-18-16(22)15-9-11-19-17(21-15)20-13-4-5-13/h2-3,6-7,9,11,13H,4-5,8,10H2,1H3,(H,18,22)(H,19,20,21). The van der Waals surface area contributed by atoms with E-state index in [0.29, 0.717) is 24.2 Å². The van der Waals surface area contributed by atoms with Crippen molar-refractivity contribution in [3.05, 3.63) is 47.8 Å². The summed E-state index contributed by atoms with van der Waals surface area (Å²) in [6.07, 6.45) is 4.65. The number of carbonyl (C=O) groups excluding carboxylic acids is 1. The van der Waals surface area contributed by atoms with Gasteiger partial charge in [-0.1, -0.05) is 12.1 Å². The maximum Gasteiger partial charge on any atom is 0.270 e. The SMILES string of the molecule is COc1ccc(CCNC(=O)c2ccnc(NC3CC3)n2)cc1. The Kier molecular flexibility index (Phi) is 4.71. The molecule has 1 saturated carbocycles. The lowest BCUT2D eigenvalue weighted by molar-refractivity contribution is 0.0949. The van der Waals surface area contributed by atoms with Gasteiger partial charge in [0, 0.05) is 18.8 Å². The summed E-state index contributed by atoms with van der Waals surface area (Å²) < 4.78 is 5.12. The summed E-state index contributed by atoms with van der Waals surface area (Å²) in [6.45, 7) is 0.556. The monoisotopic (exact) mass is 312 g/mol. The van der Waals surface area contributed by atoms with Crippen molar-refractivity contribution in [3.63, 3.8) is 0 Å². The van der Waals surface area contributed by atoms with Crippen LogP contribution in [0.2, 0.25) is 0 Å². The van der Waals surface area contributed by atoms with Crippen LogP contribution in [-0.4, -0.2) is 35.6 Å². The number of hydrogen-bond donors (Lipinski definition) is 2. The summed E-state index contributed by atoms with van der Waals surface area (Å²) in [4.78, 5) is 20.5. The van der Waals surface area contributed by atoms with Crippen LogP contribution in [0.1, 0.15) is 28.9 Å². The maximum atomic E-state index is 12.1. The second kappa shape index (κ2) is 7.09. The number of hydrogen-bond acceptors (Lipinski definition) is 5. The predicted molar refractivity (Wildman–Crippen MR) is 87.7 cm³/mol. The van der Waals surface area contributed by atoms with E-state index in [1.807, 2.05) is 24.3 Å². The molecule has 0 aliphatic heterocycles. The lowest BCUT2D eigenvalue weighted by Crippen LogP contribution is -2.27. The number of nitrogens with zero attached hydrogens (tertiary/aromatic N) is 2. The van der Waals surface area contributed by atoms with E-state index in [0.717, 1.165) is 30.6 Å². The number of amides is 1. The van der Waals surface area contributed by atoms with Crippen LogP contribution in [0.15, 0.2) is 36.5 Å². The van der Waals surface area contributed by atoms with Crippen LogP contribution in [0.4, 0.5) is 5.95 Å². The topological polar surface area (TPSA) is 76.1 Å². The van der Waals surface area contributed by atoms with Crippen LogP contribution in [-0.2, 0) is 6.42 Å². The molecule has 1 fully saturated rings. The largest absolute Gasteiger partial charge is 0.497 e. The van der Waals surface area contributed by atoms with Crippen LogP contribution in [0.25, 0.3) is 0 Å². The number of benzene rings is 1. The molecular weight excluding hydrogens is 292 g/mol. The van der Waals surface area contributed by atoms with E-state index in [-0.39, 0.29) is 5.91 Å². The Hall–Kier alpha value is -2.63. The fourth-order valence-corrected chi connectivity index (χ4v) is 2.17. The van der Waals surface area contributed by atoms with Gasteiger partial charge >= 0.3 is 0 Å². The van der Waals surface area contributed by atoms with Crippen molar-refractivity contribution in [1.29, 1.82) is 0 Å². The third kappa shape index (κ3) is 4.42. The van der Waals surface area contributed by atoms with Crippen LogP contribution < -0.4 is 15.4 Å². The molecule has 1 aromatic heterocycles. The normalized spacial score (nSPS) is 13.4. The molecule has 1 aromatic carbocycles. The molecule has 6 heteroatoms. The van der Waals surface area contributed by atoms with Gasteiger partial charge in [0.15, 0.2) is 0 Å². The van der Waals surface area contributed by atoms with Gasteiger partial charge in [-0.2, -0.15) is 0 Å². The summed E-state index contributed by atoms with van der Waals surface area (Å²) >= 11 is 0. The van der Waals surface area contributed by atoms with Crippen molar-refractivity contribution in [1.82, 2.24) is 15.3 Å². The highest BCUT2D eigenvalue weighted by Crippen LogP contribution is 2.22. The third-order valence-electron chi connectivity index (χ3n) is 3.66. The highest BCUT2D eigenvalue weighted by Gasteiger charge is 2.22. The highest BCUT2D eigenvalue weighted by atomic mass is 16.5. The fourth-order valence-electron chi connectivity index (χ4n) is 2.17. The molecule has 2 aromatic rings. The van der Waals surface area contributed by atoms with Gasteiger partial charge in [-0.3, -0.25) is 4.79 Å². The average molecular weight is 312 g/mol. The van der Waals surface area contributed by atoms with Gasteiger partial charge in [0.05, 0.1) is 7.11 Å². The molecule has 0 radical (unpaired) electrons. The zero-order valence-electron chi connectivity index (χ0n) is 13.1. The molecule has 1 heterocycles. The fraction of sp³-hybridized carbons (Fsp3) is 0.353. The van der Waals surface area contributed by atoms with Gasteiger partial charge in [0.1, 0.15) is 11.4 Å². The van der Waals surface area contributed by atoms with E-state index in [9.17, 15) is 4.79 Å². The lowest BCUT2D eigenvalue weighted by Gasteiger charge is -2.07. The average Bonchev–Trinajstić information content (AvgIpc) is 3.39. The molecule has 0 atom stereocenters. The van der Waals surface area contributed by atoms with Gasteiger partial charge in [-0.15, -0.1) is 0 Å². The van der Waals surface area contributed by atoms with Crippen LogP contribution >= 0.6 is 0 Å². The van der Waals surface area contributed by atoms with Crippen LogP contribution in [0, 0.1) is 0 Å². The van der Waals surface area contributed by atoms with E-state index in [2.05, 4.69) is 20.6 Å². The Balaban J connectivity index is 1.50. The molecule has 0 unspecified atom stereocenters. The smallest absolute Gasteiger partial charge is 0.270 e. The Bertz CT molecular complexity index is 669. The first-order chi connectivity index (χ1) is 11.2. The minimum atomic E-state index is -0.181. The molecular formula is C17H20N4O2. The Morgan fingerprint density at radius 3 is 2.74 bits per heavy atom. The quantitative estimate of drug-likeness (QED) is 0.818. The summed E-state index contributed by atoms with van der Waals surface area (Å²) in [5.74, 6) is 1.17. The van der Waals surface area contributed by atoms with Gasteiger partial charge in [-0.05, 0) is 43.0 Å². The summed E-state index contributed by atoms with van der Waals surface area (Å²) in [6, 6.07) is 9.90.